The average Bonchev–Trinajstić information content (AvgIpc) is 2.87. The lowest BCUT2D eigenvalue weighted by Gasteiger charge is -2.33. The van der Waals surface area contributed by atoms with E-state index in [2.05, 4.69) is 91.8 Å². The minimum atomic E-state index is 0.0877. The third-order valence-corrected chi connectivity index (χ3v) is 8.31. The third kappa shape index (κ3) is 14.7. The molecule has 0 aromatic heterocycles. The van der Waals surface area contributed by atoms with Crippen LogP contribution in [0.1, 0.15) is 115 Å². The lowest BCUT2D eigenvalue weighted by atomic mass is 9.72. The Balaban J connectivity index is 0.000000430. The molecule has 0 spiro atoms. The van der Waals surface area contributed by atoms with Gasteiger partial charge in [-0.3, -0.25) is 9.59 Å². The molecule has 0 heterocycles. The third-order valence-electron chi connectivity index (χ3n) is 8.31. The van der Waals surface area contributed by atoms with Crippen molar-refractivity contribution in [3.63, 3.8) is 0 Å². The highest BCUT2D eigenvalue weighted by Gasteiger charge is 2.27. The van der Waals surface area contributed by atoms with Gasteiger partial charge in [0.05, 0.1) is 0 Å². The molecule has 2 rings (SSSR count). The summed E-state index contributed by atoms with van der Waals surface area (Å²) in [5.41, 5.74) is 11.0. The monoisotopic (exact) mass is 582 g/mol. The largest absolute Gasteiger partial charge is 0.299 e. The molecule has 0 atom stereocenters. The van der Waals surface area contributed by atoms with Gasteiger partial charge in [-0.15, -0.1) is 0 Å². The Morgan fingerprint density at radius 2 is 1.00 bits per heavy atom. The summed E-state index contributed by atoms with van der Waals surface area (Å²) in [6.45, 7) is 23.5. The summed E-state index contributed by atoms with van der Waals surface area (Å²) in [6, 6.07) is 0. The van der Waals surface area contributed by atoms with Crippen molar-refractivity contribution >= 4 is 12.1 Å². The molecule has 0 radical (unpaired) electrons. The van der Waals surface area contributed by atoms with Gasteiger partial charge >= 0.3 is 0 Å². The highest BCUT2D eigenvalue weighted by Crippen LogP contribution is 2.41. The van der Waals surface area contributed by atoms with Crippen molar-refractivity contribution in [3.05, 3.63) is 117 Å². The van der Waals surface area contributed by atoms with Crippen LogP contribution in [-0.4, -0.2) is 12.1 Å². The maximum absolute atomic E-state index is 11.0. The number of rotatable bonds is 10. The Morgan fingerprint density at radius 3 is 1.37 bits per heavy atom. The molecule has 234 valence electrons. The molecule has 0 fully saturated rings. The maximum Gasteiger partial charge on any atom is 0.152 e. The van der Waals surface area contributed by atoms with Gasteiger partial charge in [-0.1, -0.05) is 111 Å². The second-order valence-electron chi connectivity index (χ2n) is 13.6. The highest BCUT2D eigenvalue weighted by atomic mass is 16.1. The number of hydrogen-bond donors (Lipinski definition) is 0. The smallest absolute Gasteiger partial charge is 0.152 e. The van der Waals surface area contributed by atoms with Gasteiger partial charge in [0.1, 0.15) is 6.29 Å². The molecule has 0 saturated carbocycles. The van der Waals surface area contributed by atoms with E-state index in [1.54, 1.807) is 19.1 Å². The first-order valence-corrected chi connectivity index (χ1v) is 15.9. The van der Waals surface area contributed by atoms with Crippen molar-refractivity contribution in [2.24, 2.45) is 10.8 Å². The fourth-order valence-corrected chi connectivity index (χ4v) is 5.80. The molecule has 0 aromatic carbocycles. The van der Waals surface area contributed by atoms with Crippen LogP contribution in [0.5, 0.6) is 0 Å². The van der Waals surface area contributed by atoms with Gasteiger partial charge in [-0.25, -0.2) is 0 Å². The van der Waals surface area contributed by atoms with Gasteiger partial charge in [0, 0.05) is 0 Å². The summed E-state index contributed by atoms with van der Waals surface area (Å²) in [5.74, 6) is 0.0877. The molecule has 0 amide bonds. The van der Waals surface area contributed by atoms with E-state index in [0.29, 0.717) is 0 Å². The molecule has 2 heteroatoms. The maximum atomic E-state index is 11.0. The number of aldehydes is 1. The Kier molecular flexibility index (Phi) is 16.2. The first kappa shape index (κ1) is 37.8. The Hall–Kier alpha value is -3.26. The number of ketones is 1. The van der Waals surface area contributed by atoms with Crippen LogP contribution >= 0.6 is 0 Å². The second kappa shape index (κ2) is 18.4. The minimum absolute atomic E-state index is 0.0877. The zero-order chi connectivity index (χ0) is 32.6. The number of hydrogen-bond acceptors (Lipinski definition) is 2. The van der Waals surface area contributed by atoms with E-state index >= 15 is 0 Å². The lowest BCUT2D eigenvalue weighted by Crippen LogP contribution is -2.19. The molecular formula is C41H58O2. The van der Waals surface area contributed by atoms with E-state index < -0.39 is 0 Å². The topological polar surface area (TPSA) is 34.1 Å². The van der Waals surface area contributed by atoms with Crippen LogP contribution in [0.4, 0.5) is 0 Å². The zero-order valence-electron chi connectivity index (χ0n) is 29.1. The van der Waals surface area contributed by atoms with Crippen LogP contribution in [0, 0.1) is 10.8 Å². The molecular weight excluding hydrogens is 524 g/mol. The lowest BCUT2D eigenvalue weighted by molar-refractivity contribution is -0.112. The zero-order valence-corrected chi connectivity index (χ0v) is 29.1. The van der Waals surface area contributed by atoms with Gasteiger partial charge in [-0.2, -0.15) is 0 Å². The molecule has 0 bridgehead atoms. The fourth-order valence-electron chi connectivity index (χ4n) is 5.80. The molecule has 2 nitrogen and oxygen atoms in total. The van der Waals surface area contributed by atoms with E-state index in [9.17, 15) is 9.59 Å². The molecule has 2 aliphatic carbocycles. The van der Waals surface area contributed by atoms with E-state index in [1.807, 2.05) is 38.2 Å². The van der Waals surface area contributed by atoms with Crippen molar-refractivity contribution in [1.82, 2.24) is 0 Å². The summed E-state index contributed by atoms with van der Waals surface area (Å²) < 4.78 is 0. The van der Waals surface area contributed by atoms with E-state index in [-0.39, 0.29) is 16.6 Å². The Labute approximate surface area is 264 Å². The standard InChI is InChI=1S/C21H30O.C20H28O/c1-16(9-7-10-17(2)15-19(4)22)12-13-20-18(3)11-8-14-21(20,5)6;1-16(8-6-9-17(2)13-15-21)11-12-19-18(3)10-7-14-20(19,4)5/h7,9-10,12-13,15H,8,11,14H2,1-6H3;6,8-9,11-13,15H,7,10,14H2,1-5H3/b10-7+,13-12+,16-9+,17-15+;9-6+,12-11+,16-8+,17-13+. The van der Waals surface area contributed by atoms with Crippen LogP contribution in [0.2, 0.25) is 0 Å². The summed E-state index contributed by atoms with van der Waals surface area (Å²) in [4.78, 5) is 21.3. The van der Waals surface area contributed by atoms with Crippen molar-refractivity contribution in [2.45, 2.75) is 115 Å². The van der Waals surface area contributed by atoms with Crippen LogP contribution in [0.15, 0.2) is 117 Å². The minimum Gasteiger partial charge on any atom is -0.299 e. The highest BCUT2D eigenvalue weighted by molar-refractivity contribution is 5.88. The van der Waals surface area contributed by atoms with Gasteiger partial charge in [0.2, 0.25) is 0 Å². The molecule has 0 aromatic rings. The van der Waals surface area contributed by atoms with Crippen molar-refractivity contribution < 1.29 is 9.59 Å². The van der Waals surface area contributed by atoms with E-state index in [4.69, 9.17) is 0 Å². The quantitative estimate of drug-likeness (QED) is 0.146. The molecule has 0 aliphatic heterocycles. The Bertz CT molecular complexity index is 1290. The normalized spacial score (nSPS) is 20.4. The first-order chi connectivity index (χ1) is 20.1. The summed E-state index contributed by atoms with van der Waals surface area (Å²) in [6.07, 6.45) is 32.6. The van der Waals surface area contributed by atoms with Crippen LogP contribution in [0.25, 0.3) is 0 Å². The summed E-state index contributed by atoms with van der Waals surface area (Å²) in [7, 11) is 0. The number of allylic oxidation sites excluding steroid dienone is 20. The second-order valence-corrected chi connectivity index (χ2v) is 13.6. The van der Waals surface area contributed by atoms with Crippen LogP contribution < -0.4 is 0 Å². The van der Waals surface area contributed by atoms with Crippen LogP contribution in [0.3, 0.4) is 0 Å². The number of carbonyl (C=O) groups excluding carboxylic acids is 2. The van der Waals surface area contributed by atoms with Gasteiger partial charge in [-0.05, 0) is 132 Å². The van der Waals surface area contributed by atoms with Crippen LogP contribution in [-0.2, 0) is 9.59 Å². The van der Waals surface area contributed by atoms with E-state index in [0.717, 1.165) is 17.4 Å². The van der Waals surface area contributed by atoms with Gasteiger partial charge in [0.15, 0.2) is 5.78 Å². The molecule has 0 saturated heterocycles. The summed E-state index contributed by atoms with van der Waals surface area (Å²) in [5, 5.41) is 0. The SMILES string of the molecule is CC(=O)/C=C(C)/C=C/C=C(C)/C=C/C1=C(C)CCCC1(C)C.CC1=C(/C=C/C(C)=C/C=C/C(C)=C/C=O)C(C)(C)CCC1. The predicted molar refractivity (Wildman–Crippen MR) is 189 cm³/mol. The summed E-state index contributed by atoms with van der Waals surface area (Å²) >= 11 is 0. The van der Waals surface area contributed by atoms with Crippen molar-refractivity contribution in [2.75, 3.05) is 0 Å². The molecule has 0 N–H and O–H groups in total. The first-order valence-electron chi connectivity index (χ1n) is 15.9. The Morgan fingerprint density at radius 1 is 0.605 bits per heavy atom. The van der Waals surface area contributed by atoms with E-state index in [1.165, 1.54) is 72.0 Å². The molecule has 2 aliphatic rings. The van der Waals surface area contributed by atoms with Crippen molar-refractivity contribution in [1.29, 1.82) is 0 Å². The van der Waals surface area contributed by atoms with Crippen molar-refractivity contribution in [3.8, 4) is 0 Å². The predicted octanol–water partition coefficient (Wildman–Crippen LogP) is 11.8. The fraction of sp³-hybridized carbons (Fsp3) is 0.463. The number of carbonyl (C=O) groups is 2. The molecule has 0 unspecified atom stereocenters. The molecule has 43 heavy (non-hydrogen) atoms. The average molecular weight is 583 g/mol. The van der Waals surface area contributed by atoms with Gasteiger partial charge in [0.25, 0.3) is 0 Å². The van der Waals surface area contributed by atoms with Gasteiger partial charge < -0.3 is 0 Å².